The third-order valence-electron chi connectivity index (χ3n) is 3.20. The lowest BCUT2D eigenvalue weighted by atomic mass is 9.86. The van der Waals surface area contributed by atoms with Crippen LogP contribution in [-0.4, -0.2) is 36.7 Å². The lowest BCUT2D eigenvalue weighted by molar-refractivity contribution is -0.331. The lowest BCUT2D eigenvalue weighted by Gasteiger charge is -2.35. The summed E-state index contributed by atoms with van der Waals surface area (Å²) < 4.78 is 98.7. The van der Waals surface area contributed by atoms with E-state index in [1.807, 2.05) is 0 Å². The average molecular weight is 276 g/mol. The second-order valence-corrected chi connectivity index (χ2v) is 4.03. The second kappa shape index (κ2) is 3.28. The first-order chi connectivity index (χ1) is 8.07. The highest BCUT2D eigenvalue weighted by atomic mass is 19.3. The van der Waals surface area contributed by atoms with Gasteiger partial charge in [-0.3, -0.25) is 0 Å². The summed E-state index contributed by atoms with van der Waals surface area (Å²) in [5, 5.41) is 0. The maximum atomic E-state index is 14.2. The highest BCUT2D eigenvalue weighted by Crippen LogP contribution is 2.66. The number of hydrogen-bond donors (Lipinski definition) is 0. The Balaban J connectivity index is 2.78. The van der Waals surface area contributed by atoms with Crippen molar-refractivity contribution in [2.24, 2.45) is 0 Å². The summed E-state index contributed by atoms with van der Waals surface area (Å²) in [4.78, 5) is 0. The van der Waals surface area contributed by atoms with Crippen molar-refractivity contribution in [1.29, 1.82) is 0 Å². The van der Waals surface area contributed by atoms with E-state index in [0.29, 0.717) is 12.2 Å². The predicted octanol–water partition coefficient (Wildman–Crippen LogP) is 3.13. The minimum Gasteiger partial charge on any atom is -0.342 e. The summed E-state index contributed by atoms with van der Waals surface area (Å²) in [6, 6.07) is 0. The molecule has 1 saturated carbocycles. The number of methoxy groups -OCH3 is 1. The summed E-state index contributed by atoms with van der Waals surface area (Å²) in [6.07, 6.45) is -1.76. The van der Waals surface area contributed by atoms with E-state index in [-0.39, 0.29) is 13.2 Å². The maximum Gasteiger partial charge on any atom is 0.375 e. The van der Waals surface area contributed by atoms with Gasteiger partial charge in [0.25, 0.3) is 0 Å². The van der Waals surface area contributed by atoms with E-state index in [2.05, 4.69) is 4.74 Å². The molecule has 2 aliphatic rings. The Kier molecular flexibility index (Phi) is 2.44. The molecule has 102 valence electrons. The zero-order chi connectivity index (χ0) is 14.0. The first kappa shape index (κ1) is 13.4. The van der Waals surface area contributed by atoms with E-state index in [0.717, 1.165) is 0 Å². The molecule has 0 aliphatic heterocycles. The van der Waals surface area contributed by atoms with Gasteiger partial charge in [0, 0.05) is 7.11 Å². The number of alkyl halides is 7. The van der Waals surface area contributed by atoms with Gasteiger partial charge in [-0.05, 0) is 6.08 Å². The zero-order valence-electron chi connectivity index (χ0n) is 8.86. The third-order valence-corrected chi connectivity index (χ3v) is 3.20. The van der Waals surface area contributed by atoms with Crippen LogP contribution >= 0.6 is 0 Å². The normalized spacial score (nSPS) is 44.7. The van der Waals surface area contributed by atoms with Crippen molar-refractivity contribution in [2.45, 2.75) is 29.5 Å². The van der Waals surface area contributed by atoms with Gasteiger partial charge in [-0.1, -0.05) is 12.2 Å². The molecule has 3 unspecified atom stereocenters. The molecule has 0 spiro atoms. The van der Waals surface area contributed by atoms with Gasteiger partial charge in [0.2, 0.25) is 5.67 Å². The fraction of sp³-hybridized carbons (Fsp3) is 0.600. The van der Waals surface area contributed by atoms with Crippen LogP contribution in [0.4, 0.5) is 30.7 Å². The number of rotatable bonds is 1. The molecule has 0 bridgehead atoms. The van der Waals surface area contributed by atoms with E-state index in [9.17, 15) is 30.7 Å². The van der Waals surface area contributed by atoms with Crippen LogP contribution in [0.2, 0.25) is 0 Å². The third kappa shape index (κ3) is 1.04. The molecule has 0 radical (unpaired) electrons. The Bertz CT molecular complexity index is 444. The van der Waals surface area contributed by atoms with Crippen LogP contribution in [0.25, 0.3) is 0 Å². The minimum absolute atomic E-state index is 0.240. The molecule has 0 aromatic heterocycles. The van der Waals surface area contributed by atoms with E-state index >= 15 is 0 Å². The van der Waals surface area contributed by atoms with Crippen molar-refractivity contribution in [3.8, 4) is 0 Å². The van der Waals surface area contributed by atoms with Gasteiger partial charge in [-0.25, -0.2) is 13.2 Å². The molecular formula is C10H7F7O. The van der Waals surface area contributed by atoms with Crippen molar-refractivity contribution >= 4 is 0 Å². The molecule has 0 aromatic rings. The molecule has 0 heterocycles. The van der Waals surface area contributed by atoms with Gasteiger partial charge in [-0.2, -0.15) is 17.6 Å². The van der Waals surface area contributed by atoms with Gasteiger partial charge in [0.1, 0.15) is 0 Å². The molecule has 1 nitrogen and oxygen atoms in total. The lowest BCUT2D eigenvalue weighted by Crippen LogP contribution is -2.60. The molecular weight excluding hydrogens is 269 g/mol. The van der Waals surface area contributed by atoms with E-state index in [1.54, 1.807) is 0 Å². The van der Waals surface area contributed by atoms with Gasteiger partial charge < -0.3 is 4.74 Å². The van der Waals surface area contributed by atoms with E-state index in [1.165, 1.54) is 0 Å². The number of fused-ring (bicyclic) bond motifs is 1. The number of allylic oxidation sites excluding steroid dienone is 3. The van der Waals surface area contributed by atoms with Gasteiger partial charge >= 0.3 is 17.7 Å². The Morgan fingerprint density at radius 1 is 1.11 bits per heavy atom. The summed E-state index contributed by atoms with van der Waals surface area (Å²) in [5.74, 6) is -15.5. The molecule has 0 amide bonds. The monoisotopic (exact) mass is 276 g/mol. The molecule has 18 heavy (non-hydrogen) atoms. The highest BCUT2D eigenvalue weighted by Gasteiger charge is 2.91. The fourth-order valence-corrected chi connectivity index (χ4v) is 2.21. The van der Waals surface area contributed by atoms with Crippen LogP contribution in [0, 0.1) is 0 Å². The predicted molar refractivity (Wildman–Crippen MR) is 46.7 cm³/mol. The highest BCUT2D eigenvalue weighted by molar-refractivity contribution is 5.48. The molecule has 8 heteroatoms. The molecule has 2 rings (SSSR count). The van der Waals surface area contributed by atoms with Crippen LogP contribution in [0.1, 0.15) is 0 Å². The largest absolute Gasteiger partial charge is 0.375 e. The Labute approximate surface area is 96.9 Å². The van der Waals surface area contributed by atoms with Gasteiger partial charge in [0.15, 0.2) is 6.17 Å². The van der Waals surface area contributed by atoms with Crippen LogP contribution in [0.3, 0.4) is 0 Å². The average Bonchev–Trinajstić information content (AvgIpc) is 2.38. The molecule has 1 fully saturated rings. The Morgan fingerprint density at radius 3 is 2.17 bits per heavy atom. The maximum absolute atomic E-state index is 14.2. The Morgan fingerprint density at radius 2 is 1.67 bits per heavy atom. The fourth-order valence-electron chi connectivity index (χ4n) is 2.21. The smallest absolute Gasteiger partial charge is 0.342 e. The molecule has 0 saturated heterocycles. The van der Waals surface area contributed by atoms with Gasteiger partial charge in [-0.15, -0.1) is 0 Å². The first-order valence-corrected chi connectivity index (χ1v) is 4.79. The second-order valence-electron chi connectivity index (χ2n) is 4.03. The van der Waals surface area contributed by atoms with E-state index in [4.69, 9.17) is 0 Å². The number of ether oxygens (including phenoxy) is 1. The minimum atomic E-state index is -5.52. The molecule has 2 aliphatic carbocycles. The summed E-state index contributed by atoms with van der Waals surface area (Å²) >= 11 is 0. The molecule has 0 N–H and O–H groups in total. The van der Waals surface area contributed by atoms with Crippen molar-refractivity contribution in [3.63, 3.8) is 0 Å². The molecule has 0 aromatic carbocycles. The SMILES string of the molecule is COC1(F)C2(F)C(=CC=CC2F)C(F)(F)C1(F)F. The van der Waals surface area contributed by atoms with Crippen LogP contribution in [0.15, 0.2) is 23.8 Å². The first-order valence-electron chi connectivity index (χ1n) is 4.79. The van der Waals surface area contributed by atoms with Crippen LogP contribution in [-0.2, 0) is 4.74 Å². The number of hydrogen-bond acceptors (Lipinski definition) is 1. The molecule has 3 atom stereocenters. The van der Waals surface area contributed by atoms with Crippen molar-refractivity contribution in [3.05, 3.63) is 23.8 Å². The summed E-state index contributed by atoms with van der Waals surface area (Å²) in [7, 11) is 0.277. The van der Waals surface area contributed by atoms with Crippen LogP contribution < -0.4 is 0 Å². The van der Waals surface area contributed by atoms with Crippen molar-refractivity contribution < 1.29 is 35.5 Å². The van der Waals surface area contributed by atoms with Crippen molar-refractivity contribution in [2.75, 3.05) is 7.11 Å². The Hall–Kier alpha value is -1.05. The standard InChI is InChI=1S/C10H7F7O/c1-18-10(17)7(12)5(3-2-4-6(7)11)8(13,14)9(10,15)16/h2-4,6H,1H3. The van der Waals surface area contributed by atoms with Crippen molar-refractivity contribution in [1.82, 2.24) is 0 Å². The quantitative estimate of drug-likeness (QED) is 0.669. The number of halogens is 7. The van der Waals surface area contributed by atoms with Crippen LogP contribution in [0.5, 0.6) is 0 Å². The topological polar surface area (TPSA) is 9.23 Å². The van der Waals surface area contributed by atoms with Gasteiger partial charge in [0.05, 0.1) is 5.57 Å². The summed E-state index contributed by atoms with van der Waals surface area (Å²) in [5.41, 5.74) is -6.22. The zero-order valence-corrected chi connectivity index (χ0v) is 8.86. The van der Waals surface area contributed by atoms with E-state index < -0.39 is 35.1 Å². The summed E-state index contributed by atoms with van der Waals surface area (Å²) in [6.45, 7) is 0.